The Morgan fingerprint density at radius 3 is 2.58 bits per heavy atom. The standard InChI is InChI=1S/C19H17FN2O2/c20-16-7-5-14(6-8-16)9-11-21-18(23)13-22-12-10-15-3-1-2-4-17(15)19(22)24/h1-8,10,12H,9,11,13H2,(H,21,23). The maximum Gasteiger partial charge on any atom is 0.258 e. The minimum atomic E-state index is -0.279. The van der Waals surface area contributed by atoms with E-state index in [1.54, 1.807) is 30.5 Å². The largest absolute Gasteiger partial charge is 0.354 e. The van der Waals surface area contributed by atoms with Crippen molar-refractivity contribution in [1.82, 2.24) is 9.88 Å². The van der Waals surface area contributed by atoms with Crippen molar-refractivity contribution in [2.24, 2.45) is 0 Å². The van der Waals surface area contributed by atoms with Gasteiger partial charge >= 0.3 is 0 Å². The molecular weight excluding hydrogens is 307 g/mol. The molecule has 0 bridgehead atoms. The fourth-order valence-electron chi connectivity index (χ4n) is 2.56. The first-order valence-corrected chi connectivity index (χ1v) is 7.73. The normalized spacial score (nSPS) is 10.7. The number of amides is 1. The van der Waals surface area contributed by atoms with E-state index in [9.17, 15) is 14.0 Å². The minimum absolute atomic E-state index is 0.0207. The zero-order chi connectivity index (χ0) is 16.9. The molecular formula is C19H17FN2O2. The fourth-order valence-corrected chi connectivity index (χ4v) is 2.56. The van der Waals surface area contributed by atoms with Crippen molar-refractivity contribution in [3.63, 3.8) is 0 Å². The van der Waals surface area contributed by atoms with Crippen molar-refractivity contribution < 1.29 is 9.18 Å². The van der Waals surface area contributed by atoms with Gasteiger partial charge in [0.15, 0.2) is 0 Å². The Bertz CT molecular complexity index is 917. The van der Waals surface area contributed by atoms with Crippen LogP contribution in [0.3, 0.4) is 0 Å². The van der Waals surface area contributed by atoms with Crippen LogP contribution in [0.2, 0.25) is 0 Å². The highest BCUT2D eigenvalue weighted by Gasteiger charge is 2.06. The van der Waals surface area contributed by atoms with Gasteiger partial charge in [-0.3, -0.25) is 9.59 Å². The fraction of sp³-hybridized carbons (Fsp3) is 0.158. The van der Waals surface area contributed by atoms with Gasteiger partial charge in [-0.1, -0.05) is 30.3 Å². The highest BCUT2D eigenvalue weighted by atomic mass is 19.1. The average Bonchev–Trinajstić information content (AvgIpc) is 2.59. The van der Waals surface area contributed by atoms with Crippen LogP contribution >= 0.6 is 0 Å². The number of benzene rings is 2. The Labute approximate surface area is 138 Å². The molecule has 24 heavy (non-hydrogen) atoms. The lowest BCUT2D eigenvalue weighted by molar-refractivity contribution is -0.121. The van der Waals surface area contributed by atoms with Gasteiger partial charge in [0.2, 0.25) is 5.91 Å². The lowest BCUT2D eigenvalue weighted by Crippen LogP contribution is -2.33. The summed E-state index contributed by atoms with van der Waals surface area (Å²) < 4.78 is 14.2. The summed E-state index contributed by atoms with van der Waals surface area (Å²) in [6.07, 6.45) is 2.24. The molecule has 0 aliphatic carbocycles. The van der Waals surface area contributed by atoms with Crippen LogP contribution in [0.15, 0.2) is 65.6 Å². The van der Waals surface area contributed by atoms with Crippen LogP contribution in [0.5, 0.6) is 0 Å². The molecule has 1 aromatic heterocycles. The summed E-state index contributed by atoms with van der Waals surface area (Å²) in [6.45, 7) is 0.417. The number of halogens is 1. The van der Waals surface area contributed by atoms with E-state index in [1.165, 1.54) is 16.7 Å². The second kappa shape index (κ2) is 7.08. The Hall–Kier alpha value is -2.95. The minimum Gasteiger partial charge on any atom is -0.354 e. The zero-order valence-corrected chi connectivity index (χ0v) is 13.0. The van der Waals surface area contributed by atoms with Crippen molar-refractivity contribution >= 4 is 16.7 Å². The molecule has 122 valence electrons. The number of fused-ring (bicyclic) bond motifs is 1. The van der Waals surface area contributed by atoms with Crippen LogP contribution < -0.4 is 10.9 Å². The molecule has 0 unspecified atom stereocenters. The summed E-state index contributed by atoms with van der Waals surface area (Å²) >= 11 is 0. The summed E-state index contributed by atoms with van der Waals surface area (Å²) in [7, 11) is 0. The third kappa shape index (κ3) is 3.68. The summed E-state index contributed by atoms with van der Waals surface area (Å²) in [6, 6.07) is 15.3. The number of rotatable bonds is 5. The summed E-state index contributed by atoms with van der Waals surface area (Å²) in [5.74, 6) is -0.507. The molecule has 1 N–H and O–H groups in total. The SMILES string of the molecule is O=C(Cn1ccc2ccccc2c1=O)NCCc1ccc(F)cc1. The second-order valence-electron chi connectivity index (χ2n) is 5.56. The molecule has 4 nitrogen and oxygen atoms in total. The van der Waals surface area contributed by atoms with Crippen LogP contribution in [-0.4, -0.2) is 17.0 Å². The molecule has 2 aromatic carbocycles. The zero-order valence-electron chi connectivity index (χ0n) is 13.0. The molecule has 0 aliphatic rings. The molecule has 1 heterocycles. The smallest absolute Gasteiger partial charge is 0.258 e. The van der Waals surface area contributed by atoms with Crippen LogP contribution in [0, 0.1) is 5.82 Å². The van der Waals surface area contributed by atoms with Gasteiger partial charge in [0.1, 0.15) is 12.4 Å². The first kappa shape index (κ1) is 15.9. The molecule has 0 fully saturated rings. The highest BCUT2D eigenvalue weighted by Crippen LogP contribution is 2.08. The Morgan fingerprint density at radius 2 is 1.79 bits per heavy atom. The third-order valence-electron chi connectivity index (χ3n) is 3.85. The number of hydrogen-bond donors (Lipinski definition) is 1. The van der Waals surface area contributed by atoms with E-state index in [1.807, 2.05) is 18.2 Å². The highest BCUT2D eigenvalue weighted by molar-refractivity contribution is 5.82. The van der Waals surface area contributed by atoms with Crippen LogP contribution in [-0.2, 0) is 17.8 Å². The molecule has 0 saturated heterocycles. The van der Waals surface area contributed by atoms with E-state index in [-0.39, 0.29) is 23.8 Å². The van der Waals surface area contributed by atoms with Crippen molar-refractivity contribution in [3.8, 4) is 0 Å². The number of nitrogens with zero attached hydrogens (tertiary/aromatic N) is 1. The summed E-state index contributed by atoms with van der Waals surface area (Å²) in [5.41, 5.74) is 0.765. The van der Waals surface area contributed by atoms with E-state index < -0.39 is 0 Å². The monoisotopic (exact) mass is 324 g/mol. The Morgan fingerprint density at radius 1 is 1.04 bits per heavy atom. The van der Waals surface area contributed by atoms with Gasteiger partial charge in [-0.25, -0.2) is 4.39 Å². The van der Waals surface area contributed by atoms with Gasteiger partial charge in [-0.05, 0) is 41.6 Å². The average molecular weight is 324 g/mol. The molecule has 0 radical (unpaired) electrons. The van der Waals surface area contributed by atoms with E-state index in [0.717, 1.165) is 10.9 Å². The van der Waals surface area contributed by atoms with E-state index in [4.69, 9.17) is 0 Å². The lowest BCUT2D eigenvalue weighted by atomic mass is 10.1. The van der Waals surface area contributed by atoms with Gasteiger partial charge < -0.3 is 9.88 Å². The molecule has 0 spiro atoms. The van der Waals surface area contributed by atoms with Gasteiger partial charge in [0.25, 0.3) is 5.56 Å². The number of carbonyl (C=O) groups excluding carboxylic acids is 1. The van der Waals surface area contributed by atoms with Crippen molar-refractivity contribution in [2.45, 2.75) is 13.0 Å². The number of aromatic nitrogens is 1. The molecule has 5 heteroatoms. The Balaban J connectivity index is 1.60. The molecule has 3 rings (SSSR count). The first-order valence-electron chi connectivity index (χ1n) is 7.73. The number of carbonyl (C=O) groups is 1. The maximum absolute atomic E-state index is 12.8. The molecule has 0 saturated carbocycles. The number of nitrogens with one attached hydrogen (secondary N) is 1. The van der Waals surface area contributed by atoms with Gasteiger partial charge in [0, 0.05) is 18.1 Å². The lowest BCUT2D eigenvalue weighted by Gasteiger charge is -2.08. The molecule has 0 aliphatic heterocycles. The van der Waals surface area contributed by atoms with Crippen LogP contribution in [0.1, 0.15) is 5.56 Å². The predicted molar refractivity (Wildman–Crippen MR) is 91.3 cm³/mol. The summed E-state index contributed by atoms with van der Waals surface area (Å²) in [5, 5.41) is 4.23. The number of hydrogen-bond acceptors (Lipinski definition) is 2. The van der Waals surface area contributed by atoms with Gasteiger partial charge in [0.05, 0.1) is 0 Å². The van der Waals surface area contributed by atoms with Crippen molar-refractivity contribution in [2.75, 3.05) is 6.54 Å². The van der Waals surface area contributed by atoms with E-state index in [0.29, 0.717) is 18.4 Å². The number of pyridine rings is 1. The maximum atomic E-state index is 12.8. The van der Waals surface area contributed by atoms with Crippen molar-refractivity contribution in [3.05, 3.63) is 82.5 Å². The topological polar surface area (TPSA) is 51.1 Å². The van der Waals surface area contributed by atoms with E-state index in [2.05, 4.69) is 5.32 Å². The molecule has 0 atom stereocenters. The second-order valence-corrected chi connectivity index (χ2v) is 5.56. The van der Waals surface area contributed by atoms with Crippen LogP contribution in [0.25, 0.3) is 10.8 Å². The first-order chi connectivity index (χ1) is 11.6. The summed E-state index contributed by atoms with van der Waals surface area (Å²) in [4.78, 5) is 24.4. The van der Waals surface area contributed by atoms with Crippen LogP contribution in [0.4, 0.5) is 4.39 Å². The van der Waals surface area contributed by atoms with E-state index >= 15 is 0 Å². The van der Waals surface area contributed by atoms with Gasteiger partial charge in [-0.15, -0.1) is 0 Å². The van der Waals surface area contributed by atoms with Crippen molar-refractivity contribution in [1.29, 1.82) is 0 Å². The quantitative estimate of drug-likeness (QED) is 0.784. The van der Waals surface area contributed by atoms with Gasteiger partial charge in [-0.2, -0.15) is 0 Å². The molecule has 1 amide bonds. The molecule has 3 aromatic rings. The third-order valence-corrected chi connectivity index (χ3v) is 3.85. The Kier molecular flexibility index (Phi) is 4.70. The predicted octanol–water partition coefficient (Wildman–Crippen LogP) is 2.50.